The first-order valence-electron chi connectivity index (χ1n) is 5.38. The maximum Gasteiger partial charge on any atom is 0.305 e. The molecule has 1 aromatic rings. The van der Waals surface area contributed by atoms with Crippen molar-refractivity contribution in [1.82, 2.24) is 4.90 Å². The van der Waals surface area contributed by atoms with Gasteiger partial charge in [0.15, 0.2) is 0 Å². The Hall–Kier alpha value is -1.42. The lowest BCUT2D eigenvalue weighted by atomic mass is 9.99. The van der Waals surface area contributed by atoms with Crippen LogP contribution in [0.2, 0.25) is 0 Å². The maximum atomic E-state index is 12.8. The first kappa shape index (κ1) is 11.1. The Morgan fingerprint density at radius 3 is 2.44 bits per heavy atom. The first-order chi connectivity index (χ1) is 7.66. The Kier molecular flexibility index (Phi) is 3.19. The van der Waals surface area contributed by atoms with Gasteiger partial charge in [0, 0.05) is 6.04 Å². The standard InChI is InChI=1S/C12H14FNO2/c13-10-4-2-9(3-5-10)11(8-12(15)16)14-6-1-7-14/h2-5,11H,1,6-8H2,(H,15,16). The average molecular weight is 223 g/mol. The highest BCUT2D eigenvalue weighted by atomic mass is 19.1. The molecular formula is C12H14FNO2. The number of hydrogen-bond acceptors (Lipinski definition) is 2. The molecule has 16 heavy (non-hydrogen) atoms. The molecule has 86 valence electrons. The zero-order chi connectivity index (χ0) is 11.5. The summed E-state index contributed by atoms with van der Waals surface area (Å²) in [6.45, 7) is 1.85. The molecule has 4 heteroatoms. The van der Waals surface area contributed by atoms with Gasteiger partial charge in [-0.05, 0) is 37.2 Å². The van der Waals surface area contributed by atoms with E-state index in [4.69, 9.17) is 5.11 Å². The zero-order valence-corrected chi connectivity index (χ0v) is 8.90. The van der Waals surface area contributed by atoms with E-state index >= 15 is 0 Å². The molecule has 0 amide bonds. The van der Waals surface area contributed by atoms with Crippen LogP contribution in [0.4, 0.5) is 4.39 Å². The summed E-state index contributed by atoms with van der Waals surface area (Å²) in [4.78, 5) is 12.9. The minimum absolute atomic E-state index is 0.0750. The molecule has 3 nitrogen and oxygen atoms in total. The molecule has 1 aliphatic rings. The second-order valence-corrected chi connectivity index (χ2v) is 4.05. The van der Waals surface area contributed by atoms with Gasteiger partial charge >= 0.3 is 5.97 Å². The largest absolute Gasteiger partial charge is 0.481 e. The van der Waals surface area contributed by atoms with E-state index < -0.39 is 5.97 Å². The van der Waals surface area contributed by atoms with Crippen molar-refractivity contribution in [3.63, 3.8) is 0 Å². The summed E-state index contributed by atoms with van der Waals surface area (Å²) in [5.41, 5.74) is 0.878. The van der Waals surface area contributed by atoms with Crippen LogP contribution in [0.25, 0.3) is 0 Å². The van der Waals surface area contributed by atoms with Crippen molar-refractivity contribution in [2.45, 2.75) is 18.9 Å². The van der Waals surface area contributed by atoms with Crippen molar-refractivity contribution in [3.8, 4) is 0 Å². The molecule has 1 unspecified atom stereocenters. The fourth-order valence-corrected chi connectivity index (χ4v) is 1.96. The second-order valence-electron chi connectivity index (χ2n) is 4.05. The minimum atomic E-state index is -0.818. The van der Waals surface area contributed by atoms with Crippen molar-refractivity contribution in [2.75, 3.05) is 13.1 Å². The van der Waals surface area contributed by atoms with Crippen LogP contribution in [0.5, 0.6) is 0 Å². The van der Waals surface area contributed by atoms with Gasteiger partial charge in [-0.2, -0.15) is 0 Å². The van der Waals surface area contributed by atoms with Crippen molar-refractivity contribution in [1.29, 1.82) is 0 Å². The predicted molar refractivity (Wildman–Crippen MR) is 57.6 cm³/mol. The van der Waals surface area contributed by atoms with E-state index in [0.717, 1.165) is 25.1 Å². The molecule has 1 aliphatic heterocycles. The highest BCUT2D eigenvalue weighted by Crippen LogP contribution is 2.28. The van der Waals surface area contributed by atoms with Crippen molar-refractivity contribution in [2.24, 2.45) is 0 Å². The number of likely N-dealkylation sites (tertiary alicyclic amines) is 1. The highest BCUT2D eigenvalue weighted by Gasteiger charge is 2.27. The first-order valence-corrected chi connectivity index (χ1v) is 5.38. The summed E-state index contributed by atoms with van der Waals surface area (Å²) in [5.74, 6) is -1.11. The third kappa shape index (κ3) is 2.39. The summed E-state index contributed by atoms with van der Waals surface area (Å²) in [7, 11) is 0. The number of rotatable bonds is 4. The van der Waals surface area contributed by atoms with Gasteiger partial charge in [0.05, 0.1) is 6.42 Å². The molecule has 1 N–H and O–H groups in total. The Morgan fingerprint density at radius 2 is 2.00 bits per heavy atom. The van der Waals surface area contributed by atoms with Crippen LogP contribution in [0.3, 0.4) is 0 Å². The number of aliphatic carboxylic acids is 1. The van der Waals surface area contributed by atoms with Gasteiger partial charge < -0.3 is 5.11 Å². The van der Waals surface area contributed by atoms with Crippen LogP contribution in [-0.2, 0) is 4.79 Å². The number of carbonyl (C=O) groups is 1. The SMILES string of the molecule is O=C(O)CC(c1ccc(F)cc1)N1CCC1. The smallest absolute Gasteiger partial charge is 0.305 e. The maximum absolute atomic E-state index is 12.8. The molecule has 0 bridgehead atoms. The lowest BCUT2D eigenvalue weighted by Gasteiger charge is -2.38. The molecule has 1 aromatic carbocycles. The van der Waals surface area contributed by atoms with Gasteiger partial charge in [0.2, 0.25) is 0 Å². The van der Waals surface area contributed by atoms with Gasteiger partial charge in [0.1, 0.15) is 5.82 Å². The molecular weight excluding hydrogens is 209 g/mol. The minimum Gasteiger partial charge on any atom is -0.481 e. The number of carboxylic acids is 1. The molecule has 0 radical (unpaired) electrons. The number of benzene rings is 1. The van der Waals surface area contributed by atoms with Gasteiger partial charge in [-0.25, -0.2) is 4.39 Å². The van der Waals surface area contributed by atoms with Crippen molar-refractivity contribution < 1.29 is 14.3 Å². The summed E-state index contributed by atoms with van der Waals surface area (Å²) in [6.07, 6.45) is 1.18. The quantitative estimate of drug-likeness (QED) is 0.849. The van der Waals surface area contributed by atoms with Crippen LogP contribution < -0.4 is 0 Å². The van der Waals surface area contributed by atoms with Crippen molar-refractivity contribution >= 4 is 5.97 Å². The number of nitrogens with zero attached hydrogens (tertiary/aromatic N) is 1. The third-order valence-electron chi connectivity index (χ3n) is 2.95. The Labute approximate surface area is 93.5 Å². The molecule has 0 saturated carbocycles. The summed E-state index contributed by atoms with van der Waals surface area (Å²) in [5, 5.41) is 8.87. The van der Waals surface area contributed by atoms with E-state index in [0.29, 0.717) is 0 Å². The normalized spacial score (nSPS) is 17.8. The molecule has 1 saturated heterocycles. The third-order valence-corrected chi connectivity index (χ3v) is 2.95. The van der Waals surface area contributed by atoms with E-state index in [9.17, 15) is 9.18 Å². The van der Waals surface area contributed by atoms with E-state index in [1.807, 2.05) is 0 Å². The van der Waals surface area contributed by atoms with E-state index in [1.165, 1.54) is 12.1 Å². The van der Waals surface area contributed by atoms with Crippen LogP contribution in [0, 0.1) is 5.82 Å². The van der Waals surface area contributed by atoms with Crippen LogP contribution >= 0.6 is 0 Å². The van der Waals surface area contributed by atoms with E-state index in [-0.39, 0.29) is 18.3 Å². The van der Waals surface area contributed by atoms with E-state index in [2.05, 4.69) is 4.90 Å². The molecule has 0 spiro atoms. The molecule has 1 fully saturated rings. The number of carboxylic acid groups (broad SMARTS) is 1. The fraction of sp³-hybridized carbons (Fsp3) is 0.417. The molecule has 1 heterocycles. The Balaban J connectivity index is 2.16. The molecule has 0 aliphatic carbocycles. The van der Waals surface area contributed by atoms with Gasteiger partial charge in [-0.15, -0.1) is 0 Å². The Morgan fingerprint density at radius 1 is 1.38 bits per heavy atom. The van der Waals surface area contributed by atoms with Gasteiger partial charge in [0.25, 0.3) is 0 Å². The van der Waals surface area contributed by atoms with Crippen LogP contribution in [0.1, 0.15) is 24.4 Å². The second kappa shape index (κ2) is 4.61. The molecule has 2 rings (SSSR count). The van der Waals surface area contributed by atoms with Crippen molar-refractivity contribution in [3.05, 3.63) is 35.6 Å². The lowest BCUT2D eigenvalue weighted by molar-refractivity contribution is -0.139. The topological polar surface area (TPSA) is 40.5 Å². The van der Waals surface area contributed by atoms with Crippen LogP contribution in [-0.4, -0.2) is 29.1 Å². The van der Waals surface area contributed by atoms with Gasteiger partial charge in [-0.3, -0.25) is 9.69 Å². The molecule has 0 aromatic heterocycles. The number of halogens is 1. The monoisotopic (exact) mass is 223 g/mol. The zero-order valence-electron chi connectivity index (χ0n) is 8.90. The summed E-state index contributed by atoms with van der Waals surface area (Å²) >= 11 is 0. The van der Waals surface area contributed by atoms with Crippen LogP contribution in [0.15, 0.2) is 24.3 Å². The average Bonchev–Trinajstić information content (AvgIpc) is 2.14. The van der Waals surface area contributed by atoms with Gasteiger partial charge in [-0.1, -0.05) is 12.1 Å². The predicted octanol–water partition coefficient (Wildman–Crippen LogP) is 2.05. The Bertz CT molecular complexity index is 373. The van der Waals surface area contributed by atoms with E-state index in [1.54, 1.807) is 12.1 Å². The molecule has 1 atom stereocenters. The fourth-order valence-electron chi connectivity index (χ4n) is 1.96. The summed E-state index contributed by atoms with van der Waals surface area (Å²) < 4.78 is 12.8. The summed E-state index contributed by atoms with van der Waals surface area (Å²) in [6, 6.07) is 5.98. The lowest BCUT2D eigenvalue weighted by Crippen LogP contribution is -2.41. The number of hydrogen-bond donors (Lipinski definition) is 1. The highest BCUT2D eigenvalue weighted by molar-refractivity contribution is 5.68.